The first-order chi connectivity index (χ1) is 7.72. The maximum Gasteiger partial charge on any atom is 0.305 e. The molecule has 0 aliphatic rings. The number of anilines is 1. The lowest BCUT2D eigenvalue weighted by Crippen LogP contribution is -2.03. The molecule has 0 spiro atoms. The van der Waals surface area contributed by atoms with Crippen LogP contribution < -0.4 is 5.32 Å². The Balaban J connectivity index is 1.98. The Morgan fingerprint density at radius 1 is 1.38 bits per heavy atom. The molecule has 1 N–H and O–H groups in total. The van der Waals surface area contributed by atoms with Crippen LogP contribution in [0.15, 0.2) is 0 Å². The Kier molecular flexibility index (Phi) is 5.77. The second kappa shape index (κ2) is 7.16. The molecule has 1 aromatic heterocycles. The predicted octanol–water partition coefficient (Wildman–Crippen LogP) is 1.99. The summed E-state index contributed by atoms with van der Waals surface area (Å²) in [4.78, 5) is 10.8. The number of methoxy groups -OCH3 is 1. The third-order valence-corrected chi connectivity index (χ3v) is 2.88. The van der Waals surface area contributed by atoms with Crippen LogP contribution in [0.3, 0.4) is 0 Å². The standard InChI is InChI=1S/C10H17N3O2S/c1-8-12-13-10(16-8)11-7-5-3-4-6-9(14)15-2/h3-7H2,1-2H3,(H,11,13). The van der Waals surface area contributed by atoms with E-state index in [1.807, 2.05) is 6.92 Å². The van der Waals surface area contributed by atoms with Crippen molar-refractivity contribution < 1.29 is 9.53 Å². The summed E-state index contributed by atoms with van der Waals surface area (Å²) in [7, 11) is 1.42. The van der Waals surface area contributed by atoms with Crippen molar-refractivity contribution in [1.82, 2.24) is 10.2 Å². The van der Waals surface area contributed by atoms with E-state index in [4.69, 9.17) is 0 Å². The monoisotopic (exact) mass is 243 g/mol. The van der Waals surface area contributed by atoms with E-state index in [0.29, 0.717) is 6.42 Å². The quantitative estimate of drug-likeness (QED) is 0.586. The van der Waals surface area contributed by atoms with E-state index in [2.05, 4.69) is 20.3 Å². The zero-order chi connectivity index (χ0) is 11.8. The van der Waals surface area contributed by atoms with E-state index in [0.717, 1.165) is 35.9 Å². The van der Waals surface area contributed by atoms with E-state index >= 15 is 0 Å². The van der Waals surface area contributed by atoms with Crippen LogP contribution in [-0.2, 0) is 9.53 Å². The smallest absolute Gasteiger partial charge is 0.305 e. The van der Waals surface area contributed by atoms with Crippen molar-refractivity contribution in [3.8, 4) is 0 Å². The summed E-state index contributed by atoms with van der Waals surface area (Å²) in [5, 5.41) is 12.9. The number of hydrogen-bond donors (Lipinski definition) is 1. The summed E-state index contributed by atoms with van der Waals surface area (Å²) >= 11 is 1.55. The van der Waals surface area contributed by atoms with E-state index in [1.54, 1.807) is 11.3 Å². The van der Waals surface area contributed by atoms with Gasteiger partial charge in [-0.15, -0.1) is 10.2 Å². The molecule has 1 aromatic rings. The van der Waals surface area contributed by atoms with Crippen molar-refractivity contribution in [1.29, 1.82) is 0 Å². The fraction of sp³-hybridized carbons (Fsp3) is 0.700. The predicted molar refractivity (Wildman–Crippen MR) is 63.6 cm³/mol. The number of nitrogens with zero attached hydrogens (tertiary/aromatic N) is 2. The summed E-state index contributed by atoms with van der Waals surface area (Å²) in [6, 6.07) is 0. The highest BCUT2D eigenvalue weighted by Crippen LogP contribution is 2.13. The maximum atomic E-state index is 10.8. The average molecular weight is 243 g/mol. The van der Waals surface area contributed by atoms with Crippen LogP contribution in [0, 0.1) is 6.92 Å². The molecule has 1 heterocycles. The SMILES string of the molecule is COC(=O)CCCCCNc1nnc(C)s1. The highest BCUT2D eigenvalue weighted by molar-refractivity contribution is 7.15. The number of hydrogen-bond acceptors (Lipinski definition) is 6. The van der Waals surface area contributed by atoms with Crippen molar-refractivity contribution >= 4 is 22.4 Å². The number of carbonyl (C=O) groups excluding carboxylic acids is 1. The average Bonchev–Trinajstić information content (AvgIpc) is 2.69. The molecule has 16 heavy (non-hydrogen) atoms. The minimum Gasteiger partial charge on any atom is -0.469 e. The number of carbonyl (C=O) groups is 1. The van der Waals surface area contributed by atoms with Gasteiger partial charge in [-0.05, 0) is 19.8 Å². The Labute approximate surface area is 99.2 Å². The first-order valence-corrected chi connectivity index (χ1v) is 6.15. The molecule has 0 bridgehead atoms. The van der Waals surface area contributed by atoms with Gasteiger partial charge in [-0.2, -0.15) is 0 Å². The molecule has 0 aromatic carbocycles. The van der Waals surface area contributed by atoms with Crippen molar-refractivity contribution in [3.63, 3.8) is 0 Å². The van der Waals surface area contributed by atoms with Gasteiger partial charge in [-0.3, -0.25) is 4.79 Å². The van der Waals surface area contributed by atoms with Crippen LogP contribution in [0.5, 0.6) is 0 Å². The molecule has 0 saturated carbocycles. The van der Waals surface area contributed by atoms with E-state index in [9.17, 15) is 4.79 Å². The molecule has 90 valence electrons. The molecule has 1 rings (SSSR count). The Bertz CT molecular complexity index is 328. The molecule has 0 aliphatic carbocycles. The summed E-state index contributed by atoms with van der Waals surface area (Å²) in [6.07, 6.45) is 3.42. The van der Waals surface area contributed by atoms with Crippen LogP contribution in [0.25, 0.3) is 0 Å². The van der Waals surface area contributed by atoms with E-state index < -0.39 is 0 Å². The maximum absolute atomic E-state index is 10.8. The van der Waals surface area contributed by atoms with Gasteiger partial charge >= 0.3 is 5.97 Å². The Hall–Kier alpha value is -1.17. The van der Waals surface area contributed by atoms with Crippen LogP contribution in [-0.4, -0.2) is 29.8 Å². The van der Waals surface area contributed by atoms with Gasteiger partial charge in [0.15, 0.2) is 0 Å². The van der Waals surface area contributed by atoms with Gasteiger partial charge in [0, 0.05) is 13.0 Å². The molecule has 0 saturated heterocycles. The van der Waals surface area contributed by atoms with Gasteiger partial charge in [0.05, 0.1) is 7.11 Å². The van der Waals surface area contributed by atoms with Crippen LogP contribution in [0.1, 0.15) is 30.7 Å². The highest BCUT2D eigenvalue weighted by Gasteiger charge is 2.00. The van der Waals surface area contributed by atoms with E-state index in [-0.39, 0.29) is 5.97 Å². The summed E-state index contributed by atoms with van der Waals surface area (Å²) in [5.74, 6) is -0.132. The lowest BCUT2D eigenvalue weighted by molar-refractivity contribution is -0.140. The zero-order valence-corrected chi connectivity index (χ0v) is 10.5. The highest BCUT2D eigenvalue weighted by atomic mass is 32.1. The first-order valence-electron chi connectivity index (χ1n) is 5.33. The fourth-order valence-electron chi connectivity index (χ4n) is 1.24. The molecule has 0 amide bonds. The lowest BCUT2D eigenvalue weighted by Gasteiger charge is -2.01. The van der Waals surface area contributed by atoms with Gasteiger partial charge in [0.25, 0.3) is 0 Å². The zero-order valence-electron chi connectivity index (χ0n) is 9.65. The summed E-state index contributed by atoms with van der Waals surface area (Å²) in [5.41, 5.74) is 0. The molecule has 0 atom stereocenters. The number of ether oxygens (including phenoxy) is 1. The number of esters is 1. The largest absolute Gasteiger partial charge is 0.469 e. The lowest BCUT2D eigenvalue weighted by atomic mass is 10.2. The van der Waals surface area contributed by atoms with Crippen LogP contribution >= 0.6 is 11.3 Å². The first kappa shape index (κ1) is 12.9. The fourth-order valence-corrected chi connectivity index (χ4v) is 1.85. The third kappa shape index (κ3) is 5.06. The molecule has 0 aliphatic heterocycles. The summed E-state index contributed by atoms with van der Waals surface area (Å²) < 4.78 is 4.56. The van der Waals surface area contributed by atoms with Gasteiger partial charge in [0.1, 0.15) is 5.01 Å². The number of nitrogens with one attached hydrogen (secondary N) is 1. The normalized spacial score (nSPS) is 10.1. The molecular formula is C10H17N3O2S. The topological polar surface area (TPSA) is 64.1 Å². The second-order valence-electron chi connectivity index (χ2n) is 3.44. The van der Waals surface area contributed by atoms with Crippen molar-refractivity contribution in [2.45, 2.75) is 32.6 Å². The van der Waals surface area contributed by atoms with Crippen LogP contribution in [0.4, 0.5) is 5.13 Å². The molecule has 5 nitrogen and oxygen atoms in total. The molecular weight excluding hydrogens is 226 g/mol. The number of aromatic nitrogens is 2. The minimum absolute atomic E-state index is 0.132. The van der Waals surface area contributed by atoms with E-state index in [1.165, 1.54) is 7.11 Å². The Morgan fingerprint density at radius 2 is 2.19 bits per heavy atom. The Morgan fingerprint density at radius 3 is 2.81 bits per heavy atom. The van der Waals surface area contributed by atoms with Gasteiger partial charge in [-0.25, -0.2) is 0 Å². The summed E-state index contributed by atoms with van der Waals surface area (Å²) in [6.45, 7) is 2.80. The number of aryl methyl sites for hydroxylation is 1. The number of rotatable bonds is 7. The minimum atomic E-state index is -0.132. The molecule has 0 radical (unpaired) electrons. The molecule has 6 heteroatoms. The van der Waals surface area contributed by atoms with Gasteiger partial charge in [-0.1, -0.05) is 17.8 Å². The van der Waals surface area contributed by atoms with Gasteiger partial charge < -0.3 is 10.1 Å². The molecule has 0 unspecified atom stereocenters. The van der Waals surface area contributed by atoms with Gasteiger partial charge in [0.2, 0.25) is 5.13 Å². The van der Waals surface area contributed by atoms with Crippen molar-refractivity contribution in [2.24, 2.45) is 0 Å². The second-order valence-corrected chi connectivity index (χ2v) is 4.62. The molecule has 0 fully saturated rings. The van der Waals surface area contributed by atoms with Crippen LogP contribution in [0.2, 0.25) is 0 Å². The number of unbranched alkanes of at least 4 members (excludes halogenated alkanes) is 2. The van der Waals surface area contributed by atoms with Crippen molar-refractivity contribution in [3.05, 3.63) is 5.01 Å². The van der Waals surface area contributed by atoms with Crippen molar-refractivity contribution in [2.75, 3.05) is 19.0 Å². The third-order valence-electron chi connectivity index (χ3n) is 2.09.